The molecular formula is C20H27N5O3S. The maximum Gasteiger partial charge on any atom is 0.410 e. The number of fused-ring (bicyclic) bond motifs is 1. The second-order valence-electron chi connectivity index (χ2n) is 8.47. The molecule has 2 amide bonds. The van der Waals surface area contributed by atoms with Crippen molar-refractivity contribution in [2.24, 2.45) is 0 Å². The van der Waals surface area contributed by atoms with Gasteiger partial charge in [-0.15, -0.1) is 0 Å². The molecule has 0 aliphatic carbocycles. The number of aromatic nitrogens is 2. The molecule has 9 heteroatoms. The van der Waals surface area contributed by atoms with Crippen LogP contribution in [0.2, 0.25) is 0 Å². The molecule has 0 bridgehead atoms. The zero-order valence-corrected chi connectivity index (χ0v) is 17.9. The second-order valence-corrected chi connectivity index (χ2v) is 9.42. The maximum absolute atomic E-state index is 13.1. The summed E-state index contributed by atoms with van der Waals surface area (Å²) in [4.78, 5) is 41.2. The molecule has 2 fully saturated rings. The van der Waals surface area contributed by atoms with Gasteiger partial charge < -0.3 is 14.5 Å². The van der Waals surface area contributed by atoms with Crippen LogP contribution in [0.3, 0.4) is 0 Å². The molecule has 1 unspecified atom stereocenters. The Kier molecular flexibility index (Phi) is 5.33. The Morgan fingerprint density at radius 1 is 1.17 bits per heavy atom. The zero-order valence-electron chi connectivity index (χ0n) is 17.1. The van der Waals surface area contributed by atoms with Gasteiger partial charge in [0.2, 0.25) is 5.91 Å². The SMILES string of the molecule is CC(C)(C)OC(=O)N1CCCC1C(=O)N1CCN(c2nc3cccnc3s2)CC1. The molecule has 4 heterocycles. The van der Waals surface area contributed by atoms with Gasteiger partial charge in [0.1, 0.15) is 22.0 Å². The lowest BCUT2D eigenvalue weighted by Crippen LogP contribution is -2.54. The number of thiazole rings is 1. The third kappa shape index (κ3) is 4.29. The van der Waals surface area contributed by atoms with Crippen molar-refractivity contribution in [2.45, 2.75) is 45.3 Å². The molecule has 2 aromatic rings. The summed E-state index contributed by atoms with van der Waals surface area (Å²) in [5.74, 6) is 0.0268. The summed E-state index contributed by atoms with van der Waals surface area (Å²) in [5.41, 5.74) is 0.343. The number of hydrogen-bond acceptors (Lipinski definition) is 7. The van der Waals surface area contributed by atoms with Crippen molar-refractivity contribution < 1.29 is 14.3 Å². The molecule has 2 aliphatic heterocycles. The highest BCUT2D eigenvalue weighted by Gasteiger charge is 2.39. The summed E-state index contributed by atoms with van der Waals surface area (Å²) >= 11 is 1.58. The van der Waals surface area contributed by atoms with E-state index in [1.165, 1.54) is 0 Å². The van der Waals surface area contributed by atoms with Crippen LogP contribution >= 0.6 is 11.3 Å². The first-order chi connectivity index (χ1) is 13.8. The van der Waals surface area contributed by atoms with E-state index >= 15 is 0 Å². The Morgan fingerprint density at radius 3 is 2.62 bits per heavy atom. The molecule has 0 spiro atoms. The number of carbonyl (C=O) groups is 2. The van der Waals surface area contributed by atoms with Crippen LogP contribution in [0.1, 0.15) is 33.6 Å². The number of ether oxygens (including phenoxy) is 1. The zero-order chi connectivity index (χ0) is 20.6. The molecule has 29 heavy (non-hydrogen) atoms. The number of carbonyl (C=O) groups excluding carboxylic acids is 2. The fraction of sp³-hybridized carbons (Fsp3) is 0.600. The van der Waals surface area contributed by atoms with Gasteiger partial charge in [0.15, 0.2) is 5.13 Å². The Balaban J connectivity index is 1.37. The lowest BCUT2D eigenvalue weighted by Gasteiger charge is -2.37. The van der Waals surface area contributed by atoms with Crippen LogP contribution < -0.4 is 4.90 Å². The minimum atomic E-state index is -0.564. The van der Waals surface area contributed by atoms with E-state index in [0.717, 1.165) is 35.0 Å². The van der Waals surface area contributed by atoms with Crippen molar-refractivity contribution in [3.63, 3.8) is 0 Å². The van der Waals surface area contributed by atoms with Gasteiger partial charge in [-0.3, -0.25) is 9.69 Å². The molecule has 2 aliphatic rings. The topological polar surface area (TPSA) is 78.9 Å². The molecule has 0 N–H and O–H groups in total. The standard InChI is InChI=1S/C20H27N5O3S/c1-20(2,3)28-19(27)25-9-5-7-15(25)17(26)23-10-12-24(13-11-23)18-22-14-6-4-8-21-16(14)29-18/h4,6,8,15H,5,7,9-13H2,1-3H3. The second kappa shape index (κ2) is 7.78. The lowest BCUT2D eigenvalue weighted by atomic mass is 10.1. The Bertz CT molecular complexity index is 868. The Morgan fingerprint density at radius 2 is 1.93 bits per heavy atom. The van der Waals surface area contributed by atoms with Crippen LogP contribution in [0.5, 0.6) is 0 Å². The highest BCUT2D eigenvalue weighted by molar-refractivity contribution is 7.21. The van der Waals surface area contributed by atoms with E-state index < -0.39 is 17.7 Å². The summed E-state index contributed by atoms with van der Waals surface area (Å²) in [6.45, 7) is 8.80. The van der Waals surface area contributed by atoms with Crippen LogP contribution in [0.15, 0.2) is 18.3 Å². The van der Waals surface area contributed by atoms with E-state index in [-0.39, 0.29) is 5.91 Å². The number of pyridine rings is 1. The van der Waals surface area contributed by atoms with Crippen molar-refractivity contribution >= 4 is 38.8 Å². The smallest absolute Gasteiger partial charge is 0.410 e. The quantitative estimate of drug-likeness (QED) is 0.748. The molecule has 2 saturated heterocycles. The number of likely N-dealkylation sites (tertiary alicyclic amines) is 1. The summed E-state index contributed by atoms with van der Waals surface area (Å²) in [6.07, 6.45) is 2.91. The van der Waals surface area contributed by atoms with Crippen molar-refractivity contribution in [2.75, 3.05) is 37.6 Å². The number of piperazine rings is 1. The van der Waals surface area contributed by atoms with Crippen LogP contribution in [0, 0.1) is 0 Å². The highest BCUT2D eigenvalue weighted by Crippen LogP contribution is 2.28. The summed E-state index contributed by atoms with van der Waals surface area (Å²) in [5, 5.41) is 0.946. The number of nitrogens with zero attached hydrogens (tertiary/aromatic N) is 5. The lowest BCUT2D eigenvalue weighted by molar-refractivity contribution is -0.136. The molecule has 8 nitrogen and oxygen atoms in total. The Labute approximate surface area is 174 Å². The van der Waals surface area contributed by atoms with Crippen LogP contribution in [0.4, 0.5) is 9.93 Å². The minimum absolute atomic E-state index is 0.0268. The predicted molar refractivity (Wildman–Crippen MR) is 112 cm³/mol. The van der Waals surface area contributed by atoms with Crippen molar-refractivity contribution in [1.82, 2.24) is 19.8 Å². The first-order valence-electron chi connectivity index (χ1n) is 10.1. The van der Waals surface area contributed by atoms with Crippen molar-refractivity contribution in [3.05, 3.63) is 18.3 Å². The number of amides is 2. The van der Waals surface area contributed by atoms with Gasteiger partial charge >= 0.3 is 6.09 Å². The van der Waals surface area contributed by atoms with Crippen molar-refractivity contribution in [1.29, 1.82) is 0 Å². The van der Waals surface area contributed by atoms with E-state index in [1.54, 1.807) is 22.4 Å². The van der Waals surface area contributed by atoms with Crippen LogP contribution in [-0.4, -0.2) is 76.1 Å². The van der Waals surface area contributed by atoms with Crippen molar-refractivity contribution in [3.8, 4) is 0 Å². The van der Waals surface area contributed by atoms with E-state index in [1.807, 2.05) is 37.8 Å². The molecular weight excluding hydrogens is 390 g/mol. The van der Waals surface area contributed by atoms with Gasteiger partial charge in [-0.2, -0.15) is 0 Å². The van der Waals surface area contributed by atoms with Gasteiger partial charge in [-0.25, -0.2) is 14.8 Å². The average Bonchev–Trinajstić information content (AvgIpc) is 3.33. The number of hydrogen-bond donors (Lipinski definition) is 0. The molecule has 0 radical (unpaired) electrons. The van der Waals surface area contributed by atoms with E-state index in [9.17, 15) is 9.59 Å². The van der Waals surface area contributed by atoms with Crippen LogP contribution in [-0.2, 0) is 9.53 Å². The third-order valence-electron chi connectivity index (χ3n) is 5.18. The van der Waals surface area contributed by atoms with Gasteiger partial charge in [0.25, 0.3) is 0 Å². The normalized spacial score (nSPS) is 20.4. The van der Waals surface area contributed by atoms with Gasteiger partial charge in [-0.05, 0) is 45.7 Å². The predicted octanol–water partition coefficient (Wildman–Crippen LogP) is 2.74. The molecule has 156 valence electrons. The van der Waals surface area contributed by atoms with Crippen LogP contribution in [0.25, 0.3) is 10.3 Å². The summed E-state index contributed by atoms with van der Waals surface area (Å²) in [7, 11) is 0. The Hall–Kier alpha value is -2.42. The third-order valence-corrected chi connectivity index (χ3v) is 6.22. The minimum Gasteiger partial charge on any atom is -0.444 e. The summed E-state index contributed by atoms with van der Waals surface area (Å²) < 4.78 is 5.49. The fourth-order valence-electron chi connectivity index (χ4n) is 3.79. The highest BCUT2D eigenvalue weighted by atomic mass is 32.1. The molecule has 0 saturated carbocycles. The molecule has 2 aromatic heterocycles. The first kappa shape index (κ1) is 19.9. The van der Waals surface area contributed by atoms with E-state index in [0.29, 0.717) is 26.1 Å². The molecule has 0 aromatic carbocycles. The monoisotopic (exact) mass is 417 g/mol. The average molecular weight is 418 g/mol. The summed E-state index contributed by atoms with van der Waals surface area (Å²) in [6, 6.07) is 3.44. The largest absolute Gasteiger partial charge is 0.444 e. The first-order valence-corrected chi connectivity index (χ1v) is 10.9. The molecule has 1 atom stereocenters. The van der Waals surface area contributed by atoms with Gasteiger partial charge in [0.05, 0.1) is 0 Å². The van der Waals surface area contributed by atoms with Gasteiger partial charge in [0, 0.05) is 38.9 Å². The maximum atomic E-state index is 13.1. The van der Waals surface area contributed by atoms with E-state index in [2.05, 4.69) is 14.9 Å². The fourth-order valence-corrected chi connectivity index (χ4v) is 4.75. The van der Waals surface area contributed by atoms with E-state index in [4.69, 9.17) is 4.74 Å². The molecule has 4 rings (SSSR count). The van der Waals surface area contributed by atoms with Gasteiger partial charge in [-0.1, -0.05) is 11.3 Å². The number of anilines is 1. The number of rotatable bonds is 2.